The number of rotatable bonds is 5. The van der Waals surface area contributed by atoms with Crippen LogP contribution >= 0.6 is 0 Å². The monoisotopic (exact) mass is 307 g/mol. The average Bonchev–Trinajstić information content (AvgIpc) is 3.24. The Bertz CT molecular complexity index is 745. The van der Waals surface area contributed by atoms with Gasteiger partial charge in [0, 0.05) is 32.0 Å². The zero-order valence-electron chi connectivity index (χ0n) is 13.2. The van der Waals surface area contributed by atoms with E-state index < -0.39 is 0 Å². The highest BCUT2D eigenvalue weighted by molar-refractivity contribution is 5.15. The third-order valence-corrected chi connectivity index (χ3v) is 4.47. The van der Waals surface area contributed by atoms with Crippen molar-refractivity contribution in [3.8, 4) is 0 Å². The molecule has 0 unspecified atom stereocenters. The van der Waals surface area contributed by atoms with Gasteiger partial charge >= 0.3 is 0 Å². The number of hydrogen-bond acceptors (Lipinski definition) is 3. The molecule has 23 heavy (non-hydrogen) atoms. The fourth-order valence-electron chi connectivity index (χ4n) is 3.18. The molecule has 1 aromatic carbocycles. The first-order chi connectivity index (χ1) is 11.4. The van der Waals surface area contributed by atoms with Crippen LogP contribution in [0.1, 0.15) is 17.1 Å². The summed E-state index contributed by atoms with van der Waals surface area (Å²) < 4.78 is 4.30. The number of nitrogens with zero attached hydrogens (tertiary/aromatic N) is 5. The van der Waals surface area contributed by atoms with E-state index in [4.69, 9.17) is 0 Å². The first-order valence-corrected chi connectivity index (χ1v) is 8.15. The van der Waals surface area contributed by atoms with Gasteiger partial charge in [0.15, 0.2) is 0 Å². The second-order valence-electron chi connectivity index (χ2n) is 6.03. The molecule has 5 nitrogen and oxygen atoms in total. The predicted molar refractivity (Wildman–Crippen MR) is 89.0 cm³/mol. The molecular weight excluding hydrogens is 286 g/mol. The second-order valence-corrected chi connectivity index (χ2v) is 6.03. The maximum absolute atomic E-state index is 4.62. The summed E-state index contributed by atoms with van der Waals surface area (Å²) in [5, 5.41) is 4.28. The zero-order valence-corrected chi connectivity index (χ0v) is 13.2. The molecule has 118 valence electrons. The number of fused-ring (bicyclic) bond motifs is 1. The van der Waals surface area contributed by atoms with Crippen LogP contribution in [0.5, 0.6) is 0 Å². The van der Waals surface area contributed by atoms with Gasteiger partial charge in [-0.05, 0) is 18.1 Å². The Hall–Kier alpha value is -2.40. The summed E-state index contributed by atoms with van der Waals surface area (Å²) >= 11 is 0. The molecule has 0 bridgehead atoms. The highest BCUT2D eigenvalue weighted by Gasteiger charge is 2.19. The summed E-state index contributed by atoms with van der Waals surface area (Å²) in [5.41, 5.74) is 2.65. The van der Waals surface area contributed by atoms with Crippen molar-refractivity contribution in [2.24, 2.45) is 0 Å². The van der Waals surface area contributed by atoms with Crippen LogP contribution in [-0.4, -0.2) is 37.3 Å². The molecule has 0 atom stereocenters. The lowest BCUT2D eigenvalue weighted by atomic mass is 10.1. The first kappa shape index (κ1) is 14.2. The van der Waals surface area contributed by atoms with E-state index in [1.54, 1.807) is 0 Å². The highest BCUT2D eigenvalue weighted by Crippen LogP contribution is 2.15. The van der Waals surface area contributed by atoms with Gasteiger partial charge in [0.25, 0.3) is 0 Å². The summed E-state index contributed by atoms with van der Waals surface area (Å²) in [6.45, 7) is 4.92. The molecule has 0 fully saturated rings. The van der Waals surface area contributed by atoms with Gasteiger partial charge in [-0.25, -0.2) is 4.98 Å². The van der Waals surface area contributed by atoms with Crippen LogP contribution in [0.15, 0.2) is 55.0 Å². The van der Waals surface area contributed by atoms with E-state index in [1.165, 1.54) is 17.1 Å². The molecular formula is C18H21N5. The van der Waals surface area contributed by atoms with Crippen LogP contribution in [-0.2, 0) is 26.1 Å². The summed E-state index contributed by atoms with van der Waals surface area (Å²) in [6.07, 6.45) is 6.91. The van der Waals surface area contributed by atoms with Crippen LogP contribution in [0.2, 0.25) is 0 Å². The van der Waals surface area contributed by atoms with Crippen molar-refractivity contribution in [3.05, 3.63) is 72.1 Å². The number of imidazole rings is 1. The lowest BCUT2D eigenvalue weighted by Gasteiger charge is -2.28. The molecule has 0 saturated heterocycles. The van der Waals surface area contributed by atoms with Crippen molar-refractivity contribution in [3.63, 3.8) is 0 Å². The standard InChI is InChI=1S/C18H21N5/c1-2-5-16(6-3-1)7-10-21-11-12-23-17(13-19-18(23)15-21)14-22-9-4-8-20-22/h1-6,8-9,13H,7,10-12,14-15H2. The van der Waals surface area contributed by atoms with Gasteiger partial charge in [-0.15, -0.1) is 0 Å². The summed E-state index contributed by atoms with van der Waals surface area (Å²) in [4.78, 5) is 7.12. The van der Waals surface area contributed by atoms with E-state index in [0.29, 0.717) is 0 Å². The molecule has 0 N–H and O–H groups in total. The van der Waals surface area contributed by atoms with Gasteiger partial charge in [0.1, 0.15) is 5.82 Å². The van der Waals surface area contributed by atoms with Crippen LogP contribution in [0.25, 0.3) is 0 Å². The van der Waals surface area contributed by atoms with Crippen molar-refractivity contribution in [2.75, 3.05) is 13.1 Å². The topological polar surface area (TPSA) is 38.9 Å². The quantitative estimate of drug-likeness (QED) is 0.725. The Balaban J connectivity index is 1.39. The Morgan fingerprint density at radius 3 is 2.78 bits per heavy atom. The Morgan fingerprint density at radius 1 is 1.04 bits per heavy atom. The molecule has 4 rings (SSSR count). The van der Waals surface area contributed by atoms with Crippen LogP contribution < -0.4 is 0 Å². The molecule has 3 heterocycles. The van der Waals surface area contributed by atoms with E-state index in [2.05, 4.69) is 49.9 Å². The molecule has 0 amide bonds. The van der Waals surface area contributed by atoms with Crippen LogP contribution in [0.4, 0.5) is 0 Å². The van der Waals surface area contributed by atoms with E-state index in [-0.39, 0.29) is 0 Å². The number of benzene rings is 1. The fraction of sp³-hybridized carbons (Fsp3) is 0.333. The van der Waals surface area contributed by atoms with Crippen molar-refractivity contribution in [1.82, 2.24) is 24.2 Å². The number of hydrogen-bond donors (Lipinski definition) is 0. The minimum absolute atomic E-state index is 0.796. The summed E-state index contributed by atoms with van der Waals surface area (Å²) in [6, 6.07) is 12.7. The van der Waals surface area contributed by atoms with Crippen molar-refractivity contribution in [1.29, 1.82) is 0 Å². The van der Waals surface area contributed by atoms with Gasteiger partial charge in [-0.1, -0.05) is 30.3 Å². The minimum Gasteiger partial charge on any atom is -0.328 e. The van der Waals surface area contributed by atoms with Crippen molar-refractivity contribution >= 4 is 0 Å². The normalized spacial score (nSPS) is 14.8. The van der Waals surface area contributed by atoms with Gasteiger partial charge < -0.3 is 4.57 Å². The first-order valence-electron chi connectivity index (χ1n) is 8.15. The second kappa shape index (κ2) is 6.38. The lowest BCUT2D eigenvalue weighted by molar-refractivity contribution is 0.217. The van der Waals surface area contributed by atoms with E-state index in [0.717, 1.165) is 39.1 Å². The molecule has 1 aliphatic rings. The average molecular weight is 307 g/mol. The van der Waals surface area contributed by atoms with Gasteiger partial charge in [-0.2, -0.15) is 5.10 Å². The zero-order chi connectivity index (χ0) is 15.5. The molecule has 0 saturated carbocycles. The molecule has 2 aromatic heterocycles. The molecule has 0 radical (unpaired) electrons. The maximum Gasteiger partial charge on any atom is 0.123 e. The van der Waals surface area contributed by atoms with Crippen LogP contribution in [0, 0.1) is 0 Å². The Morgan fingerprint density at radius 2 is 1.96 bits per heavy atom. The summed E-state index contributed by atoms with van der Waals surface area (Å²) in [5.74, 6) is 1.17. The fourth-order valence-corrected chi connectivity index (χ4v) is 3.18. The smallest absolute Gasteiger partial charge is 0.123 e. The maximum atomic E-state index is 4.62. The molecule has 1 aliphatic heterocycles. The molecule has 0 aliphatic carbocycles. The van der Waals surface area contributed by atoms with Gasteiger partial charge in [0.05, 0.1) is 25.0 Å². The largest absolute Gasteiger partial charge is 0.328 e. The minimum atomic E-state index is 0.796. The predicted octanol–water partition coefficient (Wildman–Crippen LogP) is 2.19. The number of aromatic nitrogens is 4. The SMILES string of the molecule is c1ccc(CCN2CCn3c(Cn4cccn4)cnc3C2)cc1. The summed E-state index contributed by atoms with van der Waals surface area (Å²) in [7, 11) is 0. The van der Waals surface area contributed by atoms with Gasteiger partial charge in [-0.3, -0.25) is 9.58 Å². The molecule has 3 aromatic rings. The van der Waals surface area contributed by atoms with E-state index in [1.807, 2.05) is 29.3 Å². The highest BCUT2D eigenvalue weighted by atomic mass is 15.3. The van der Waals surface area contributed by atoms with Crippen molar-refractivity contribution < 1.29 is 0 Å². The third-order valence-electron chi connectivity index (χ3n) is 4.47. The Labute approximate surface area is 136 Å². The molecule has 5 heteroatoms. The Kier molecular flexibility index (Phi) is 3.94. The van der Waals surface area contributed by atoms with Crippen LogP contribution in [0.3, 0.4) is 0 Å². The van der Waals surface area contributed by atoms with Crippen molar-refractivity contribution in [2.45, 2.75) is 26.1 Å². The van der Waals surface area contributed by atoms with E-state index in [9.17, 15) is 0 Å². The molecule has 0 spiro atoms. The third kappa shape index (κ3) is 3.19. The van der Waals surface area contributed by atoms with Gasteiger partial charge in [0.2, 0.25) is 0 Å². The lowest BCUT2D eigenvalue weighted by Crippen LogP contribution is -2.35. The van der Waals surface area contributed by atoms with E-state index >= 15 is 0 Å².